The van der Waals surface area contributed by atoms with E-state index in [1.54, 1.807) is 42.3 Å². The van der Waals surface area contributed by atoms with Crippen molar-refractivity contribution in [1.82, 2.24) is 19.6 Å². The summed E-state index contributed by atoms with van der Waals surface area (Å²) in [6, 6.07) is 6.70. The second kappa shape index (κ2) is 8.19. The molecule has 3 aliphatic heterocycles. The number of nitrogens with zero attached hydrogens (tertiary/aromatic N) is 6. The fourth-order valence-corrected chi connectivity index (χ4v) is 4.39. The van der Waals surface area contributed by atoms with E-state index >= 15 is 0 Å². The van der Waals surface area contributed by atoms with Gasteiger partial charge in [-0.05, 0) is 49.2 Å². The first-order valence-corrected chi connectivity index (χ1v) is 10.7. The van der Waals surface area contributed by atoms with Crippen LogP contribution in [0.1, 0.15) is 23.3 Å². The Bertz CT molecular complexity index is 1220. The van der Waals surface area contributed by atoms with Crippen LogP contribution in [0, 0.1) is 11.7 Å². The number of piperidine rings is 1. The Morgan fingerprint density at radius 3 is 2.58 bits per heavy atom. The van der Waals surface area contributed by atoms with Gasteiger partial charge in [0, 0.05) is 38.0 Å². The van der Waals surface area contributed by atoms with Crippen molar-refractivity contribution in [3.8, 4) is 11.3 Å². The summed E-state index contributed by atoms with van der Waals surface area (Å²) in [5, 5.41) is 4.39. The smallest absolute Gasteiger partial charge is 0.337 e. The van der Waals surface area contributed by atoms with Crippen LogP contribution in [0.15, 0.2) is 52.5 Å². The Morgan fingerprint density at radius 2 is 1.85 bits per heavy atom. The molecule has 1 unspecified atom stereocenters. The van der Waals surface area contributed by atoms with E-state index in [9.17, 15) is 18.8 Å². The molecule has 168 valence electrons. The van der Waals surface area contributed by atoms with E-state index in [1.165, 1.54) is 27.9 Å². The molecule has 33 heavy (non-hydrogen) atoms. The van der Waals surface area contributed by atoms with E-state index in [-0.39, 0.29) is 29.5 Å². The van der Waals surface area contributed by atoms with E-state index < -0.39 is 11.9 Å². The number of hydrogen-bond acceptors (Lipinski definition) is 5. The first-order chi connectivity index (χ1) is 15.9. The molecule has 0 aliphatic carbocycles. The van der Waals surface area contributed by atoms with Gasteiger partial charge < -0.3 is 4.90 Å². The standard InChI is InChI=1S/C23H21FN6O3/c1-28-19(13-18(27-28)14-4-6-15(24)7-5-14)22(32)29-11-8-16(9-12-29)30-21(31)17-3-2-10-25-20(17)26-23(30)33/h2-7,10,13,16-17H,8-9,11-12H2,1H3. The second-order valence-corrected chi connectivity index (χ2v) is 8.17. The first kappa shape index (κ1) is 20.9. The number of amidine groups is 1. The van der Waals surface area contributed by atoms with Gasteiger partial charge in [-0.3, -0.25) is 19.2 Å². The van der Waals surface area contributed by atoms with E-state index in [0.29, 0.717) is 42.9 Å². The van der Waals surface area contributed by atoms with Gasteiger partial charge >= 0.3 is 6.03 Å². The largest absolute Gasteiger partial charge is 0.352 e. The van der Waals surface area contributed by atoms with Crippen LogP contribution in [0.4, 0.5) is 9.18 Å². The number of aliphatic imine (C=N–C) groups is 2. The van der Waals surface area contributed by atoms with Crippen molar-refractivity contribution in [3.63, 3.8) is 0 Å². The van der Waals surface area contributed by atoms with Gasteiger partial charge in [-0.2, -0.15) is 10.1 Å². The maximum absolute atomic E-state index is 13.2. The Hall–Kier alpha value is -3.95. The first-order valence-electron chi connectivity index (χ1n) is 10.7. The van der Waals surface area contributed by atoms with E-state index in [2.05, 4.69) is 15.1 Å². The second-order valence-electron chi connectivity index (χ2n) is 8.17. The fraction of sp³-hybridized carbons (Fsp3) is 0.304. The minimum Gasteiger partial charge on any atom is -0.337 e. The van der Waals surface area contributed by atoms with Crippen LogP contribution in [-0.2, 0) is 11.8 Å². The molecular weight excluding hydrogens is 427 g/mol. The highest BCUT2D eigenvalue weighted by molar-refractivity contribution is 6.19. The number of rotatable bonds is 3. The van der Waals surface area contributed by atoms with Gasteiger partial charge in [0.15, 0.2) is 0 Å². The molecular formula is C23H21FN6O3. The maximum Gasteiger partial charge on any atom is 0.352 e. The monoisotopic (exact) mass is 448 g/mol. The molecule has 0 radical (unpaired) electrons. The van der Waals surface area contributed by atoms with Gasteiger partial charge in [-0.15, -0.1) is 0 Å². The Balaban J connectivity index is 1.27. The summed E-state index contributed by atoms with van der Waals surface area (Å²) in [4.78, 5) is 49.4. The number of aromatic nitrogens is 2. The topological polar surface area (TPSA) is 100 Å². The van der Waals surface area contributed by atoms with Crippen LogP contribution in [0.25, 0.3) is 11.3 Å². The number of likely N-dealkylation sites (tertiary alicyclic amines) is 1. The molecule has 0 N–H and O–H groups in total. The van der Waals surface area contributed by atoms with Crippen LogP contribution in [0.3, 0.4) is 0 Å². The Labute approximate surface area is 188 Å². The summed E-state index contributed by atoms with van der Waals surface area (Å²) in [5.74, 6) is -1.25. The van der Waals surface area contributed by atoms with Gasteiger partial charge in [0.1, 0.15) is 23.3 Å². The summed E-state index contributed by atoms with van der Waals surface area (Å²) < 4.78 is 14.7. The highest BCUT2D eigenvalue weighted by atomic mass is 19.1. The van der Waals surface area contributed by atoms with Gasteiger partial charge in [-0.25, -0.2) is 14.2 Å². The predicted octanol–water partition coefficient (Wildman–Crippen LogP) is 2.45. The van der Waals surface area contributed by atoms with Crippen molar-refractivity contribution in [1.29, 1.82) is 0 Å². The van der Waals surface area contributed by atoms with Crippen molar-refractivity contribution in [3.05, 3.63) is 54.0 Å². The number of fused-ring (bicyclic) bond motifs is 1. The molecule has 1 aromatic carbocycles. The van der Waals surface area contributed by atoms with Crippen molar-refractivity contribution in [2.24, 2.45) is 23.0 Å². The van der Waals surface area contributed by atoms with Crippen molar-refractivity contribution >= 4 is 29.9 Å². The van der Waals surface area contributed by atoms with Gasteiger partial charge in [0.2, 0.25) is 5.91 Å². The molecule has 0 saturated carbocycles. The average molecular weight is 448 g/mol. The van der Waals surface area contributed by atoms with E-state index in [0.717, 1.165) is 0 Å². The van der Waals surface area contributed by atoms with E-state index in [1.807, 2.05) is 0 Å². The minimum absolute atomic E-state index is 0.182. The zero-order valence-corrected chi connectivity index (χ0v) is 17.9. The van der Waals surface area contributed by atoms with Crippen LogP contribution < -0.4 is 0 Å². The number of imide groups is 1. The molecule has 1 saturated heterocycles. The van der Waals surface area contributed by atoms with Crippen LogP contribution in [0.5, 0.6) is 0 Å². The number of benzene rings is 1. The summed E-state index contributed by atoms with van der Waals surface area (Å²) in [7, 11) is 1.69. The summed E-state index contributed by atoms with van der Waals surface area (Å²) in [6.45, 7) is 0.791. The molecule has 2 aromatic rings. The van der Waals surface area contributed by atoms with Crippen LogP contribution in [0.2, 0.25) is 0 Å². The van der Waals surface area contributed by atoms with Crippen LogP contribution >= 0.6 is 0 Å². The summed E-state index contributed by atoms with van der Waals surface area (Å²) in [6.07, 6.45) is 5.81. The summed E-state index contributed by atoms with van der Waals surface area (Å²) in [5.41, 5.74) is 1.71. The highest BCUT2D eigenvalue weighted by Crippen LogP contribution is 2.27. The number of urea groups is 1. The third-order valence-electron chi connectivity index (χ3n) is 6.15. The maximum atomic E-state index is 13.2. The Kier molecular flexibility index (Phi) is 5.20. The SMILES string of the molecule is Cn1nc(-c2ccc(F)cc2)cc1C(=O)N1CCC(N2C(=O)N=C3N=CC=CC3C2=O)CC1. The number of hydrogen-bond donors (Lipinski definition) is 0. The molecule has 4 amide bonds. The lowest BCUT2D eigenvalue weighted by molar-refractivity contribution is -0.131. The molecule has 10 heteroatoms. The Morgan fingerprint density at radius 1 is 1.12 bits per heavy atom. The number of dihydropyridines is 1. The zero-order chi connectivity index (χ0) is 23.1. The molecule has 1 atom stereocenters. The molecule has 1 fully saturated rings. The molecule has 0 spiro atoms. The van der Waals surface area contributed by atoms with Crippen molar-refractivity contribution < 1.29 is 18.8 Å². The molecule has 9 nitrogen and oxygen atoms in total. The zero-order valence-electron chi connectivity index (χ0n) is 17.9. The van der Waals surface area contributed by atoms with Crippen molar-refractivity contribution in [2.45, 2.75) is 18.9 Å². The average Bonchev–Trinajstić information content (AvgIpc) is 3.21. The number of carbonyl (C=O) groups is 3. The van der Waals surface area contributed by atoms with Gasteiger partial charge in [-0.1, -0.05) is 6.08 Å². The lowest BCUT2D eigenvalue weighted by Crippen LogP contribution is -2.54. The number of aryl methyl sites for hydroxylation is 1. The van der Waals surface area contributed by atoms with Gasteiger partial charge in [0.25, 0.3) is 5.91 Å². The van der Waals surface area contributed by atoms with Crippen molar-refractivity contribution in [2.75, 3.05) is 13.1 Å². The third-order valence-corrected chi connectivity index (χ3v) is 6.15. The number of halogens is 1. The highest BCUT2D eigenvalue weighted by Gasteiger charge is 2.41. The summed E-state index contributed by atoms with van der Waals surface area (Å²) >= 11 is 0. The quantitative estimate of drug-likeness (QED) is 0.720. The van der Waals surface area contributed by atoms with Crippen LogP contribution in [-0.4, -0.2) is 68.6 Å². The number of allylic oxidation sites excluding steroid dienone is 1. The fourth-order valence-electron chi connectivity index (χ4n) is 4.39. The molecule has 5 rings (SSSR count). The van der Waals surface area contributed by atoms with E-state index in [4.69, 9.17) is 0 Å². The molecule has 4 heterocycles. The van der Waals surface area contributed by atoms with Gasteiger partial charge in [0.05, 0.1) is 5.69 Å². The lowest BCUT2D eigenvalue weighted by atomic mass is 9.97. The molecule has 0 bridgehead atoms. The number of amides is 4. The minimum atomic E-state index is -0.633. The number of carbonyl (C=O) groups excluding carboxylic acids is 3. The molecule has 1 aromatic heterocycles. The molecule has 3 aliphatic rings. The normalized spacial score (nSPS) is 20.8. The predicted molar refractivity (Wildman–Crippen MR) is 118 cm³/mol. The lowest BCUT2D eigenvalue weighted by Gasteiger charge is -2.39. The third kappa shape index (κ3) is 3.77.